The van der Waals surface area contributed by atoms with E-state index in [4.69, 9.17) is 11.6 Å². The van der Waals surface area contributed by atoms with E-state index in [0.717, 1.165) is 13.1 Å². The molecule has 21 heavy (non-hydrogen) atoms. The Morgan fingerprint density at radius 1 is 1.38 bits per heavy atom. The minimum absolute atomic E-state index is 0.146. The number of halogens is 2. The van der Waals surface area contributed by atoms with Crippen LogP contribution in [0.25, 0.3) is 0 Å². The van der Waals surface area contributed by atoms with Crippen LogP contribution in [-0.4, -0.2) is 25.0 Å². The van der Waals surface area contributed by atoms with Crippen LogP contribution in [0.1, 0.15) is 27.2 Å². The maximum absolute atomic E-state index is 13.7. The van der Waals surface area contributed by atoms with Gasteiger partial charge in [-0.25, -0.2) is 4.39 Å². The van der Waals surface area contributed by atoms with Crippen molar-refractivity contribution in [3.63, 3.8) is 0 Å². The summed E-state index contributed by atoms with van der Waals surface area (Å²) in [6, 6.07) is 4.09. The number of hydrogen-bond donors (Lipinski definition) is 2. The van der Waals surface area contributed by atoms with E-state index in [9.17, 15) is 9.18 Å². The van der Waals surface area contributed by atoms with Gasteiger partial charge in [0.05, 0.1) is 18.8 Å². The van der Waals surface area contributed by atoms with E-state index in [1.165, 1.54) is 23.5 Å². The first kappa shape index (κ1) is 16.2. The molecular weight excluding hydrogens is 291 g/mol. The van der Waals surface area contributed by atoms with Gasteiger partial charge in [0, 0.05) is 16.9 Å². The Balaban J connectivity index is 2.02. The van der Waals surface area contributed by atoms with Crippen LogP contribution in [0.2, 0.25) is 5.02 Å². The maximum Gasteiger partial charge on any atom is 0.282 e. The van der Waals surface area contributed by atoms with Gasteiger partial charge in [-0.05, 0) is 31.5 Å². The number of amides is 1. The van der Waals surface area contributed by atoms with Crippen LogP contribution >= 0.6 is 11.6 Å². The van der Waals surface area contributed by atoms with E-state index in [2.05, 4.69) is 19.2 Å². The minimum Gasteiger partial charge on any atom is -0.324 e. The highest BCUT2D eigenvalue weighted by Crippen LogP contribution is 2.19. The molecule has 1 amide bonds. The summed E-state index contributed by atoms with van der Waals surface area (Å²) in [5.74, 6) is 0.587. The first-order valence-electron chi connectivity index (χ1n) is 7.47. The van der Waals surface area contributed by atoms with Gasteiger partial charge in [-0.1, -0.05) is 25.4 Å². The minimum atomic E-state index is -0.501. The van der Waals surface area contributed by atoms with Crippen LogP contribution < -0.4 is 10.2 Å². The molecule has 116 valence electrons. The molecule has 2 N–H and O–H groups in total. The highest BCUT2D eigenvalue weighted by atomic mass is 35.5. The Morgan fingerprint density at radius 2 is 2.00 bits per heavy atom. The zero-order valence-corrected chi connectivity index (χ0v) is 13.5. The highest BCUT2D eigenvalue weighted by Gasteiger charge is 2.32. The van der Waals surface area contributed by atoms with Gasteiger partial charge in [0.25, 0.3) is 5.91 Å². The molecule has 0 aromatic heterocycles. The van der Waals surface area contributed by atoms with Crippen molar-refractivity contribution >= 4 is 23.2 Å². The van der Waals surface area contributed by atoms with Gasteiger partial charge in [-0.15, -0.1) is 0 Å². The Labute approximate surface area is 130 Å². The smallest absolute Gasteiger partial charge is 0.282 e. The third kappa shape index (κ3) is 4.17. The maximum atomic E-state index is 13.7. The number of quaternary nitrogens is 1. The molecule has 1 fully saturated rings. The van der Waals surface area contributed by atoms with Gasteiger partial charge in [0.1, 0.15) is 5.82 Å². The average molecular weight is 314 g/mol. The van der Waals surface area contributed by atoms with Crippen molar-refractivity contribution < 1.29 is 14.1 Å². The Hall–Kier alpha value is -1.13. The molecule has 5 heteroatoms. The van der Waals surface area contributed by atoms with Crippen LogP contribution in [-0.2, 0) is 4.79 Å². The van der Waals surface area contributed by atoms with Crippen LogP contribution in [0.3, 0.4) is 0 Å². The van der Waals surface area contributed by atoms with Gasteiger partial charge in [-0.3, -0.25) is 4.79 Å². The lowest BCUT2D eigenvalue weighted by molar-refractivity contribution is -0.925. The lowest BCUT2D eigenvalue weighted by atomic mass is 9.91. The molecule has 2 rings (SSSR count). The SMILES string of the molecule is C[C@@H]1C[C@@H](C)C[NH+]([C@@H](C)C(=O)Nc2ccc(Cl)cc2F)C1. The van der Waals surface area contributed by atoms with E-state index >= 15 is 0 Å². The summed E-state index contributed by atoms with van der Waals surface area (Å²) in [6.07, 6.45) is 1.21. The van der Waals surface area contributed by atoms with Gasteiger partial charge in [0.2, 0.25) is 0 Å². The second kappa shape index (κ2) is 6.75. The first-order valence-corrected chi connectivity index (χ1v) is 7.85. The summed E-state index contributed by atoms with van der Waals surface area (Å²) in [4.78, 5) is 13.6. The second-order valence-electron chi connectivity index (χ2n) is 6.35. The van der Waals surface area contributed by atoms with Crippen molar-refractivity contribution in [3.05, 3.63) is 29.0 Å². The second-order valence-corrected chi connectivity index (χ2v) is 6.78. The quantitative estimate of drug-likeness (QED) is 0.882. The Morgan fingerprint density at radius 3 is 2.57 bits per heavy atom. The number of hydrogen-bond acceptors (Lipinski definition) is 1. The summed E-state index contributed by atoms with van der Waals surface area (Å²) in [5, 5.41) is 2.99. The van der Waals surface area contributed by atoms with Crippen LogP contribution in [0, 0.1) is 17.7 Å². The predicted octanol–water partition coefficient (Wildman–Crippen LogP) is 2.37. The number of rotatable bonds is 3. The van der Waals surface area contributed by atoms with E-state index in [1.807, 2.05) is 6.92 Å². The molecule has 0 aliphatic carbocycles. The molecule has 0 bridgehead atoms. The van der Waals surface area contributed by atoms with E-state index in [0.29, 0.717) is 16.9 Å². The Bertz CT molecular complexity index is 513. The molecule has 1 aliphatic heterocycles. The van der Waals surface area contributed by atoms with Crippen molar-refractivity contribution in [2.75, 3.05) is 18.4 Å². The Kier molecular flexibility index (Phi) is 5.22. The van der Waals surface area contributed by atoms with Crippen molar-refractivity contribution in [1.82, 2.24) is 0 Å². The molecule has 1 aliphatic rings. The van der Waals surface area contributed by atoms with E-state index < -0.39 is 5.82 Å². The molecule has 1 aromatic rings. The number of piperidine rings is 1. The largest absolute Gasteiger partial charge is 0.324 e. The van der Waals surface area contributed by atoms with Gasteiger partial charge < -0.3 is 10.2 Å². The fourth-order valence-electron chi connectivity index (χ4n) is 3.20. The summed E-state index contributed by atoms with van der Waals surface area (Å²) in [7, 11) is 0. The molecule has 0 radical (unpaired) electrons. The average Bonchev–Trinajstić information content (AvgIpc) is 2.40. The third-order valence-electron chi connectivity index (χ3n) is 4.22. The van der Waals surface area contributed by atoms with Crippen LogP contribution in [0.4, 0.5) is 10.1 Å². The van der Waals surface area contributed by atoms with Crippen LogP contribution in [0.15, 0.2) is 18.2 Å². The van der Waals surface area contributed by atoms with Crippen LogP contribution in [0.5, 0.6) is 0 Å². The zero-order chi connectivity index (χ0) is 15.6. The molecule has 0 spiro atoms. The summed E-state index contributed by atoms with van der Waals surface area (Å²) >= 11 is 5.71. The van der Waals surface area contributed by atoms with Crippen molar-refractivity contribution in [2.45, 2.75) is 33.2 Å². The number of benzene rings is 1. The molecule has 3 atom stereocenters. The third-order valence-corrected chi connectivity index (χ3v) is 4.46. The lowest BCUT2D eigenvalue weighted by Crippen LogP contribution is -3.18. The summed E-state index contributed by atoms with van der Waals surface area (Å²) in [6.45, 7) is 8.32. The molecule has 1 heterocycles. The van der Waals surface area contributed by atoms with Crippen molar-refractivity contribution in [3.8, 4) is 0 Å². The van der Waals surface area contributed by atoms with Crippen molar-refractivity contribution in [2.24, 2.45) is 11.8 Å². The van der Waals surface area contributed by atoms with Gasteiger partial charge >= 0.3 is 0 Å². The molecular formula is C16H23ClFN2O+. The topological polar surface area (TPSA) is 33.5 Å². The summed E-state index contributed by atoms with van der Waals surface area (Å²) in [5.41, 5.74) is 0.189. The van der Waals surface area contributed by atoms with Gasteiger partial charge in [-0.2, -0.15) is 0 Å². The standard InChI is InChI=1S/C16H22ClFN2O/c1-10-6-11(2)9-20(8-10)12(3)16(21)19-15-5-4-13(17)7-14(15)18/h4-5,7,10-12H,6,8-9H2,1-3H3,(H,19,21)/p+1/t10-,11-,12+/m1/s1. The fraction of sp³-hybridized carbons (Fsp3) is 0.562. The monoisotopic (exact) mass is 313 g/mol. The number of anilines is 1. The molecule has 1 aromatic carbocycles. The lowest BCUT2D eigenvalue weighted by Gasteiger charge is -2.35. The highest BCUT2D eigenvalue weighted by molar-refractivity contribution is 6.30. The first-order chi connectivity index (χ1) is 9.86. The predicted molar refractivity (Wildman–Crippen MR) is 83.1 cm³/mol. The number of likely N-dealkylation sites (tertiary alicyclic amines) is 1. The number of carbonyl (C=O) groups is 1. The molecule has 3 nitrogen and oxygen atoms in total. The zero-order valence-electron chi connectivity index (χ0n) is 12.7. The number of carbonyl (C=O) groups excluding carboxylic acids is 1. The van der Waals surface area contributed by atoms with E-state index in [-0.39, 0.29) is 17.6 Å². The summed E-state index contributed by atoms with van der Waals surface area (Å²) < 4.78 is 13.7. The molecule has 0 unspecified atom stereocenters. The van der Waals surface area contributed by atoms with E-state index in [1.54, 1.807) is 6.07 Å². The normalized spacial score (nSPS) is 27.2. The van der Waals surface area contributed by atoms with Crippen molar-refractivity contribution in [1.29, 1.82) is 0 Å². The number of nitrogens with one attached hydrogen (secondary N) is 2. The van der Waals surface area contributed by atoms with Gasteiger partial charge in [0.15, 0.2) is 6.04 Å². The fourth-order valence-corrected chi connectivity index (χ4v) is 3.36. The molecule has 1 saturated heterocycles. The molecule has 0 saturated carbocycles.